The summed E-state index contributed by atoms with van der Waals surface area (Å²) in [6.45, 7) is 6.76. The Kier molecular flexibility index (Phi) is 5.22. The first-order chi connectivity index (χ1) is 8.49. The van der Waals surface area contributed by atoms with Crippen LogP contribution in [0.25, 0.3) is 0 Å². The smallest absolute Gasteiger partial charge is 0.167 e. The molecule has 0 saturated heterocycles. The van der Waals surface area contributed by atoms with Gasteiger partial charge in [-0.3, -0.25) is 0 Å². The van der Waals surface area contributed by atoms with Crippen LogP contribution in [0.3, 0.4) is 0 Å². The Morgan fingerprint density at radius 3 is 2.61 bits per heavy atom. The average Bonchev–Trinajstić information content (AvgIpc) is 2.29. The molecule has 0 aliphatic carbocycles. The molecule has 4 nitrogen and oxygen atoms in total. The second kappa shape index (κ2) is 6.44. The second-order valence-electron chi connectivity index (χ2n) is 4.31. The molecule has 102 valence electrons. The molecule has 0 aliphatic heterocycles. The fraction of sp³-hybridized carbons (Fsp3) is 0.538. The van der Waals surface area contributed by atoms with Crippen LogP contribution in [0.4, 0.5) is 15.8 Å². The molecule has 0 fully saturated rings. The number of rotatable bonds is 6. The number of nitrogens with zero attached hydrogens (tertiary/aromatic N) is 1. The number of aliphatic hydroxyl groups is 1. The van der Waals surface area contributed by atoms with Crippen molar-refractivity contribution < 1.29 is 14.2 Å². The Bertz CT molecular complexity index is 397. The van der Waals surface area contributed by atoms with Gasteiger partial charge in [0.15, 0.2) is 11.6 Å². The zero-order chi connectivity index (χ0) is 13.7. The summed E-state index contributed by atoms with van der Waals surface area (Å²) < 4.78 is 19.1. The normalized spacial score (nSPS) is 10.8. The van der Waals surface area contributed by atoms with Gasteiger partial charge in [0.05, 0.1) is 24.1 Å². The molecule has 0 radical (unpaired) electrons. The number of ether oxygens (including phenoxy) is 1. The quantitative estimate of drug-likeness (QED) is 0.764. The maximum absolute atomic E-state index is 13.7. The van der Waals surface area contributed by atoms with E-state index in [-0.39, 0.29) is 18.5 Å². The van der Waals surface area contributed by atoms with E-state index in [1.54, 1.807) is 6.07 Å². The van der Waals surface area contributed by atoms with Crippen molar-refractivity contribution >= 4 is 11.4 Å². The zero-order valence-corrected chi connectivity index (χ0v) is 11.1. The lowest BCUT2D eigenvalue weighted by Crippen LogP contribution is -2.27. The third-order valence-electron chi connectivity index (χ3n) is 2.54. The average molecular weight is 256 g/mol. The van der Waals surface area contributed by atoms with Crippen LogP contribution >= 0.6 is 0 Å². The predicted molar refractivity (Wildman–Crippen MR) is 71.5 cm³/mol. The molecule has 1 aromatic rings. The molecule has 18 heavy (non-hydrogen) atoms. The Hall–Kier alpha value is -1.49. The van der Waals surface area contributed by atoms with E-state index < -0.39 is 5.82 Å². The Morgan fingerprint density at radius 1 is 1.44 bits per heavy atom. The fourth-order valence-electron chi connectivity index (χ4n) is 1.75. The van der Waals surface area contributed by atoms with Gasteiger partial charge in [-0.2, -0.15) is 0 Å². The van der Waals surface area contributed by atoms with Gasteiger partial charge in [-0.15, -0.1) is 0 Å². The molecule has 5 heteroatoms. The van der Waals surface area contributed by atoms with E-state index in [1.165, 1.54) is 6.07 Å². The minimum Gasteiger partial charge on any atom is -0.488 e. The van der Waals surface area contributed by atoms with Crippen molar-refractivity contribution in [2.75, 3.05) is 30.3 Å². The zero-order valence-electron chi connectivity index (χ0n) is 11.1. The van der Waals surface area contributed by atoms with Crippen LogP contribution in [0.1, 0.15) is 20.8 Å². The van der Waals surface area contributed by atoms with E-state index in [2.05, 4.69) is 0 Å². The van der Waals surface area contributed by atoms with Gasteiger partial charge < -0.3 is 20.5 Å². The molecular weight excluding hydrogens is 235 g/mol. The monoisotopic (exact) mass is 256 g/mol. The van der Waals surface area contributed by atoms with Gasteiger partial charge >= 0.3 is 0 Å². The van der Waals surface area contributed by atoms with Crippen molar-refractivity contribution in [1.29, 1.82) is 0 Å². The number of anilines is 2. The summed E-state index contributed by atoms with van der Waals surface area (Å²) in [4.78, 5) is 1.88. The number of halogens is 1. The van der Waals surface area contributed by atoms with Crippen molar-refractivity contribution in [3.8, 4) is 5.75 Å². The molecule has 0 bridgehead atoms. The number of nitrogen functional groups attached to an aromatic ring is 1. The highest BCUT2D eigenvalue weighted by atomic mass is 19.1. The maximum Gasteiger partial charge on any atom is 0.167 e. The minimum absolute atomic E-state index is 0.0189. The van der Waals surface area contributed by atoms with Crippen LogP contribution < -0.4 is 15.4 Å². The lowest BCUT2D eigenvalue weighted by atomic mass is 10.2. The van der Waals surface area contributed by atoms with Crippen molar-refractivity contribution in [2.45, 2.75) is 26.9 Å². The number of aliphatic hydroxyl groups excluding tert-OH is 1. The van der Waals surface area contributed by atoms with Gasteiger partial charge in [-0.25, -0.2) is 4.39 Å². The Morgan fingerprint density at radius 2 is 2.11 bits per heavy atom. The van der Waals surface area contributed by atoms with Crippen molar-refractivity contribution in [3.63, 3.8) is 0 Å². The van der Waals surface area contributed by atoms with E-state index in [9.17, 15) is 4.39 Å². The lowest BCUT2D eigenvalue weighted by molar-refractivity contribution is 0.231. The summed E-state index contributed by atoms with van der Waals surface area (Å²) >= 11 is 0. The van der Waals surface area contributed by atoms with Gasteiger partial charge in [0, 0.05) is 25.2 Å². The molecule has 1 aromatic carbocycles. The summed E-state index contributed by atoms with van der Waals surface area (Å²) in [6.07, 6.45) is -0.108. The van der Waals surface area contributed by atoms with Crippen LogP contribution in [-0.2, 0) is 0 Å². The van der Waals surface area contributed by atoms with Crippen molar-refractivity contribution in [2.24, 2.45) is 0 Å². The number of hydrogen-bond acceptors (Lipinski definition) is 4. The van der Waals surface area contributed by atoms with E-state index in [0.29, 0.717) is 24.5 Å². The van der Waals surface area contributed by atoms with Crippen LogP contribution in [0, 0.1) is 5.82 Å². The summed E-state index contributed by atoms with van der Waals surface area (Å²) in [5, 5.41) is 9.00. The summed E-state index contributed by atoms with van der Waals surface area (Å²) in [5.74, 6) is -0.282. The molecule has 1 rings (SSSR count). The van der Waals surface area contributed by atoms with E-state index in [0.717, 1.165) is 0 Å². The Labute approximate surface area is 107 Å². The largest absolute Gasteiger partial charge is 0.488 e. The number of nitrogens with two attached hydrogens (primary N) is 1. The van der Waals surface area contributed by atoms with E-state index in [1.807, 2.05) is 25.7 Å². The highest BCUT2D eigenvalue weighted by Crippen LogP contribution is 2.31. The third kappa shape index (κ3) is 3.50. The first-order valence-corrected chi connectivity index (χ1v) is 6.11. The van der Waals surface area contributed by atoms with Crippen molar-refractivity contribution in [1.82, 2.24) is 0 Å². The van der Waals surface area contributed by atoms with Gasteiger partial charge in [0.25, 0.3) is 0 Å². The molecule has 0 aliphatic rings. The predicted octanol–water partition coefficient (Wildman–Crippen LogP) is 2.01. The number of likely N-dealkylation sites (N-methyl/N-ethyl adjacent to an activating group) is 1. The molecule has 0 atom stereocenters. The summed E-state index contributed by atoms with van der Waals surface area (Å²) in [6, 6.07) is 2.84. The topological polar surface area (TPSA) is 58.7 Å². The van der Waals surface area contributed by atoms with Crippen LogP contribution in [0.2, 0.25) is 0 Å². The van der Waals surface area contributed by atoms with Gasteiger partial charge in [-0.1, -0.05) is 0 Å². The highest BCUT2D eigenvalue weighted by molar-refractivity contribution is 5.70. The second-order valence-corrected chi connectivity index (χ2v) is 4.31. The van der Waals surface area contributed by atoms with Crippen molar-refractivity contribution in [3.05, 3.63) is 17.9 Å². The summed E-state index contributed by atoms with van der Waals surface area (Å²) in [7, 11) is 0. The van der Waals surface area contributed by atoms with Gasteiger partial charge in [0.2, 0.25) is 0 Å². The SMILES string of the molecule is CCN(CCO)c1cc(OC(C)C)c(F)cc1N. The standard InChI is InChI=1S/C13H21FN2O2/c1-4-16(5-6-17)12-8-13(18-9(2)3)10(14)7-11(12)15/h7-9,17H,4-6,15H2,1-3H3. The molecule has 0 aromatic heterocycles. The molecule has 0 saturated carbocycles. The first-order valence-electron chi connectivity index (χ1n) is 6.11. The molecule has 0 unspecified atom stereocenters. The van der Waals surface area contributed by atoms with E-state index >= 15 is 0 Å². The highest BCUT2D eigenvalue weighted by Gasteiger charge is 2.14. The number of hydrogen-bond donors (Lipinski definition) is 2. The maximum atomic E-state index is 13.7. The molecule has 0 amide bonds. The molecule has 0 spiro atoms. The molecule has 3 N–H and O–H groups in total. The van der Waals surface area contributed by atoms with E-state index in [4.69, 9.17) is 15.6 Å². The molecule has 0 heterocycles. The molecular formula is C13H21FN2O2. The first kappa shape index (κ1) is 14.6. The lowest BCUT2D eigenvalue weighted by Gasteiger charge is -2.24. The van der Waals surface area contributed by atoms with Crippen LogP contribution in [0.5, 0.6) is 5.75 Å². The van der Waals surface area contributed by atoms with Crippen LogP contribution in [-0.4, -0.2) is 30.9 Å². The fourth-order valence-corrected chi connectivity index (χ4v) is 1.75. The number of benzene rings is 1. The van der Waals surface area contributed by atoms with Gasteiger partial charge in [0.1, 0.15) is 0 Å². The minimum atomic E-state index is -0.468. The van der Waals surface area contributed by atoms with Crippen LogP contribution in [0.15, 0.2) is 12.1 Å². The van der Waals surface area contributed by atoms with Gasteiger partial charge in [-0.05, 0) is 20.8 Å². The Balaban J connectivity index is 3.10. The summed E-state index contributed by atoms with van der Waals surface area (Å²) in [5.41, 5.74) is 6.84. The third-order valence-corrected chi connectivity index (χ3v) is 2.54.